The number of carbonyl (C=O) groups excluding carboxylic acids is 1. The van der Waals surface area contributed by atoms with Gasteiger partial charge in [-0.1, -0.05) is 39.7 Å². The first-order valence-electron chi connectivity index (χ1n) is 4.81. The second kappa shape index (κ2) is 6.02. The van der Waals surface area contributed by atoms with E-state index in [1.165, 1.54) is 0 Å². The largest absolute Gasteiger partial charge is 0.289 e. The quantitative estimate of drug-likeness (QED) is 0.446. The van der Waals surface area contributed by atoms with E-state index in [9.17, 15) is 4.79 Å². The van der Waals surface area contributed by atoms with Crippen LogP contribution in [0, 0.1) is 0 Å². The van der Waals surface area contributed by atoms with Gasteiger partial charge in [0.2, 0.25) is 0 Å². The van der Waals surface area contributed by atoms with Gasteiger partial charge >= 0.3 is 0 Å². The van der Waals surface area contributed by atoms with Crippen molar-refractivity contribution in [1.82, 2.24) is 0 Å². The van der Waals surface area contributed by atoms with Gasteiger partial charge < -0.3 is 0 Å². The van der Waals surface area contributed by atoms with Crippen molar-refractivity contribution in [2.75, 3.05) is 0 Å². The molecule has 0 unspecified atom stereocenters. The Hall–Kier alpha value is -0.860. The lowest BCUT2D eigenvalue weighted by Gasteiger charge is -2.00. The molecule has 1 aromatic carbocycles. The van der Waals surface area contributed by atoms with E-state index in [0.29, 0.717) is 16.2 Å². The standard InChI is InChI=1S/C13H12BrClO/c1-9(3-4-10(2)14)13(16)11-5-7-12(15)8-6-11/h3-8H,1-2H3/b9-3+,10-4+. The third kappa shape index (κ3) is 3.95. The zero-order valence-electron chi connectivity index (χ0n) is 9.13. The molecule has 1 aromatic rings. The van der Waals surface area contributed by atoms with Crippen LogP contribution in [-0.4, -0.2) is 5.78 Å². The van der Waals surface area contributed by atoms with Gasteiger partial charge in [0, 0.05) is 10.6 Å². The van der Waals surface area contributed by atoms with Gasteiger partial charge in [-0.2, -0.15) is 0 Å². The highest BCUT2D eigenvalue weighted by atomic mass is 79.9. The summed E-state index contributed by atoms with van der Waals surface area (Å²) < 4.78 is 0.982. The summed E-state index contributed by atoms with van der Waals surface area (Å²) in [5, 5.41) is 0.634. The fraction of sp³-hybridized carbons (Fsp3) is 0.154. The van der Waals surface area contributed by atoms with Crippen molar-refractivity contribution in [2.24, 2.45) is 0 Å². The molecule has 0 bridgehead atoms. The maximum Gasteiger partial charge on any atom is 0.188 e. The smallest absolute Gasteiger partial charge is 0.188 e. The van der Waals surface area contributed by atoms with Gasteiger partial charge in [-0.3, -0.25) is 4.79 Å². The minimum Gasteiger partial charge on any atom is -0.289 e. The van der Waals surface area contributed by atoms with E-state index in [1.807, 2.05) is 13.0 Å². The summed E-state index contributed by atoms with van der Waals surface area (Å²) in [6.07, 6.45) is 3.64. The second-order valence-corrected chi connectivity index (χ2v) is 5.13. The first-order valence-corrected chi connectivity index (χ1v) is 5.99. The van der Waals surface area contributed by atoms with Crippen LogP contribution in [0.15, 0.2) is 46.5 Å². The molecule has 0 aliphatic carbocycles. The molecule has 16 heavy (non-hydrogen) atoms. The summed E-state index contributed by atoms with van der Waals surface area (Å²) in [7, 11) is 0. The average molecular weight is 300 g/mol. The van der Waals surface area contributed by atoms with Crippen molar-refractivity contribution in [3.05, 3.63) is 57.1 Å². The minimum absolute atomic E-state index is 0.0154. The Morgan fingerprint density at radius 1 is 1.19 bits per heavy atom. The maximum atomic E-state index is 11.9. The molecular formula is C13H12BrClO. The number of halogens is 2. The van der Waals surface area contributed by atoms with Crippen LogP contribution in [0.3, 0.4) is 0 Å². The summed E-state index contributed by atoms with van der Waals surface area (Å²) in [5.74, 6) is 0.0154. The molecule has 0 aromatic heterocycles. The lowest BCUT2D eigenvalue weighted by atomic mass is 10.0. The monoisotopic (exact) mass is 298 g/mol. The van der Waals surface area contributed by atoms with Crippen molar-refractivity contribution in [3.63, 3.8) is 0 Å². The number of hydrogen-bond donors (Lipinski definition) is 0. The third-order valence-electron chi connectivity index (χ3n) is 2.03. The zero-order valence-corrected chi connectivity index (χ0v) is 11.5. The van der Waals surface area contributed by atoms with Gasteiger partial charge in [0.1, 0.15) is 0 Å². The lowest BCUT2D eigenvalue weighted by Crippen LogP contribution is -1.99. The van der Waals surface area contributed by atoms with E-state index in [-0.39, 0.29) is 5.78 Å². The number of rotatable bonds is 3. The predicted octanol–water partition coefficient (Wildman–Crippen LogP) is 4.77. The second-order valence-electron chi connectivity index (χ2n) is 3.44. The highest BCUT2D eigenvalue weighted by Gasteiger charge is 2.06. The van der Waals surface area contributed by atoms with Crippen molar-refractivity contribution < 1.29 is 4.79 Å². The minimum atomic E-state index is 0.0154. The molecule has 0 saturated heterocycles. The van der Waals surface area contributed by atoms with Crippen LogP contribution in [0.4, 0.5) is 0 Å². The lowest BCUT2D eigenvalue weighted by molar-refractivity contribution is 0.103. The number of hydrogen-bond acceptors (Lipinski definition) is 1. The SMILES string of the molecule is C/C(Br)=C\C=C(/C)C(=O)c1ccc(Cl)cc1. The number of Topliss-reactive ketones (excluding diaryl/α,β-unsaturated/α-hetero) is 1. The number of allylic oxidation sites excluding steroid dienone is 4. The summed E-state index contributed by atoms with van der Waals surface area (Å²) >= 11 is 9.06. The van der Waals surface area contributed by atoms with Crippen LogP contribution >= 0.6 is 27.5 Å². The molecule has 0 aliphatic heterocycles. The Morgan fingerprint density at radius 3 is 2.25 bits per heavy atom. The molecule has 1 nitrogen and oxygen atoms in total. The summed E-state index contributed by atoms with van der Waals surface area (Å²) in [6, 6.07) is 6.89. The molecule has 3 heteroatoms. The summed E-state index contributed by atoms with van der Waals surface area (Å²) in [5.41, 5.74) is 1.35. The molecule has 0 saturated carbocycles. The van der Waals surface area contributed by atoms with E-state index in [2.05, 4.69) is 15.9 Å². The van der Waals surface area contributed by atoms with Crippen molar-refractivity contribution in [2.45, 2.75) is 13.8 Å². The van der Waals surface area contributed by atoms with Gasteiger partial charge in [-0.15, -0.1) is 0 Å². The van der Waals surface area contributed by atoms with E-state index in [4.69, 9.17) is 11.6 Å². The normalized spacial score (nSPS) is 12.8. The van der Waals surface area contributed by atoms with Crippen molar-refractivity contribution in [1.29, 1.82) is 0 Å². The number of benzene rings is 1. The Labute approximate surface area is 109 Å². The molecule has 0 spiro atoms. The molecule has 0 heterocycles. The zero-order chi connectivity index (χ0) is 12.1. The first kappa shape index (κ1) is 13.2. The average Bonchev–Trinajstić information content (AvgIpc) is 2.26. The maximum absolute atomic E-state index is 11.9. The molecular weight excluding hydrogens is 287 g/mol. The van der Waals surface area contributed by atoms with Gasteiger partial charge in [0.05, 0.1) is 0 Å². The van der Waals surface area contributed by atoms with E-state index in [1.54, 1.807) is 37.3 Å². The first-order chi connectivity index (χ1) is 7.50. The van der Waals surface area contributed by atoms with E-state index < -0.39 is 0 Å². The van der Waals surface area contributed by atoms with E-state index >= 15 is 0 Å². The van der Waals surface area contributed by atoms with Gasteiger partial charge in [-0.25, -0.2) is 0 Å². The molecule has 0 amide bonds. The van der Waals surface area contributed by atoms with Gasteiger partial charge in [0.15, 0.2) is 5.78 Å². The Balaban J connectivity index is 2.90. The molecule has 0 aliphatic rings. The predicted molar refractivity (Wildman–Crippen MR) is 72.2 cm³/mol. The molecule has 0 radical (unpaired) electrons. The van der Waals surface area contributed by atoms with E-state index in [0.717, 1.165) is 4.48 Å². The van der Waals surface area contributed by atoms with Crippen LogP contribution in [0.2, 0.25) is 5.02 Å². The fourth-order valence-electron chi connectivity index (χ4n) is 1.14. The van der Waals surface area contributed by atoms with Crippen LogP contribution in [0.1, 0.15) is 24.2 Å². The highest BCUT2D eigenvalue weighted by molar-refractivity contribution is 9.11. The Bertz CT molecular complexity index is 440. The number of carbonyl (C=O) groups is 1. The Morgan fingerprint density at radius 2 is 1.75 bits per heavy atom. The molecule has 1 rings (SSSR count). The van der Waals surface area contributed by atoms with Crippen molar-refractivity contribution >= 4 is 33.3 Å². The van der Waals surface area contributed by atoms with Crippen LogP contribution in [0.25, 0.3) is 0 Å². The van der Waals surface area contributed by atoms with Crippen LogP contribution in [-0.2, 0) is 0 Å². The van der Waals surface area contributed by atoms with Crippen LogP contribution < -0.4 is 0 Å². The highest BCUT2D eigenvalue weighted by Crippen LogP contribution is 2.13. The third-order valence-corrected chi connectivity index (χ3v) is 2.54. The number of ketones is 1. The molecule has 0 fully saturated rings. The summed E-state index contributed by atoms with van der Waals surface area (Å²) in [4.78, 5) is 11.9. The van der Waals surface area contributed by atoms with Crippen molar-refractivity contribution in [3.8, 4) is 0 Å². The van der Waals surface area contributed by atoms with Gasteiger partial charge in [-0.05, 0) is 48.2 Å². The molecule has 84 valence electrons. The van der Waals surface area contributed by atoms with Crippen LogP contribution in [0.5, 0.6) is 0 Å². The summed E-state index contributed by atoms with van der Waals surface area (Å²) in [6.45, 7) is 3.71. The van der Waals surface area contributed by atoms with Gasteiger partial charge in [0.25, 0.3) is 0 Å². The topological polar surface area (TPSA) is 17.1 Å². The fourth-order valence-corrected chi connectivity index (χ4v) is 1.40. The molecule has 0 atom stereocenters. The molecule has 0 N–H and O–H groups in total. The Kier molecular flexibility index (Phi) is 4.97.